The lowest BCUT2D eigenvalue weighted by molar-refractivity contribution is 0.561. The van der Waals surface area contributed by atoms with Gasteiger partial charge in [0.05, 0.1) is 0 Å². The Balaban J connectivity index is 3.79. The zero-order valence-corrected chi connectivity index (χ0v) is 6.26. The molecule has 0 heterocycles. The molecule has 0 bridgehead atoms. The van der Waals surface area contributed by atoms with Crippen molar-refractivity contribution in [3.05, 3.63) is 0 Å². The van der Waals surface area contributed by atoms with E-state index in [1.54, 1.807) is 0 Å². The maximum Gasteiger partial charge on any atom is 0.179 e. The topological polar surface area (TPSA) is 37.3 Å². The van der Waals surface area contributed by atoms with E-state index in [1.165, 1.54) is 6.92 Å². The third-order valence-electron chi connectivity index (χ3n) is 0.331. The Kier molecular flexibility index (Phi) is 2.67. The monoisotopic (exact) mass is 158 g/mol. The molecule has 0 fully saturated rings. The van der Waals surface area contributed by atoms with E-state index < -0.39 is 14.5 Å². The molecule has 1 atom stereocenters. The number of hydrogen-bond donors (Lipinski definition) is 3. The average molecular weight is 158 g/mol. The van der Waals surface area contributed by atoms with Gasteiger partial charge in [0.2, 0.25) is 0 Å². The fraction of sp³-hybridized carbons (Fsp3) is 1.00. The molecule has 2 nitrogen and oxygen atoms in total. The second kappa shape index (κ2) is 2.39. The summed E-state index contributed by atoms with van der Waals surface area (Å²) < 4.78 is 17.1. The highest BCUT2D eigenvalue weighted by Gasteiger charge is 2.18. The summed E-state index contributed by atoms with van der Waals surface area (Å²) in [7, 11) is 0. The predicted molar refractivity (Wildman–Crippen MR) is 37.1 cm³/mol. The summed E-state index contributed by atoms with van der Waals surface area (Å²) in [6.07, 6.45) is 0. The van der Waals surface area contributed by atoms with Crippen molar-refractivity contribution in [3.8, 4) is 0 Å². The van der Waals surface area contributed by atoms with Crippen molar-refractivity contribution < 1.29 is 8.76 Å². The zero-order valence-electron chi connectivity index (χ0n) is 3.66. The van der Waals surface area contributed by atoms with Gasteiger partial charge in [-0.05, 0) is 6.92 Å². The van der Waals surface area contributed by atoms with Crippen LogP contribution < -0.4 is 0 Å². The van der Waals surface area contributed by atoms with Crippen molar-refractivity contribution in [3.63, 3.8) is 0 Å². The largest absolute Gasteiger partial charge is 0.304 e. The van der Waals surface area contributed by atoms with E-state index in [0.29, 0.717) is 0 Å². The number of rotatable bonds is 1. The minimum absolute atomic E-state index is 1.08. The Morgan fingerprint density at radius 2 is 1.86 bits per heavy atom. The molecule has 0 spiro atoms. The van der Waals surface area contributed by atoms with Gasteiger partial charge in [-0.25, -0.2) is 4.21 Å². The van der Waals surface area contributed by atoms with Crippen LogP contribution in [-0.4, -0.2) is 12.2 Å². The Hall–Kier alpha value is 0.810. The molecule has 0 aromatic rings. The van der Waals surface area contributed by atoms with E-state index >= 15 is 0 Å². The summed E-state index contributed by atoms with van der Waals surface area (Å²) in [5.74, 6) is 0. The van der Waals surface area contributed by atoms with Gasteiger partial charge < -0.3 is 4.55 Å². The van der Waals surface area contributed by atoms with Gasteiger partial charge in [0.1, 0.15) is 0 Å². The molecule has 0 rings (SSSR count). The minimum Gasteiger partial charge on any atom is -0.304 e. The molecule has 0 aromatic heterocycles. The maximum absolute atomic E-state index is 9.98. The molecule has 0 aromatic carbocycles. The predicted octanol–water partition coefficient (Wildman–Crippen LogP) is 0.741. The van der Waals surface area contributed by atoms with Gasteiger partial charge >= 0.3 is 0 Å². The Bertz CT molecular complexity index is 83.4. The Morgan fingerprint density at radius 1 is 1.71 bits per heavy atom. The first-order valence-electron chi connectivity index (χ1n) is 1.50. The lowest BCUT2D eigenvalue weighted by Gasteiger charge is -2.07. The molecule has 7 heavy (non-hydrogen) atoms. The molecular weight excluding hydrogens is 152 g/mol. The van der Waals surface area contributed by atoms with Crippen LogP contribution in [0.15, 0.2) is 0 Å². The van der Waals surface area contributed by atoms with Crippen LogP contribution in [0.4, 0.5) is 0 Å². The molecule has 0 aliphatic heterocycles. The van der Waals surface area contributed by atoms with E-state index in [-0.39, 0.29) is 0 Å². The second-order valence-corrected chi connectivity index (χ2v) is 5.24. The Morgan fingerprint density at radius 3 is 1.86 bits per heavy atom. The van der Waals surface area contributed by atoms with Crippen LogP contribution in [0.25, 0.3) is 0 Å². The fourth-order valence-electron chi connectivity index (χ4n) is 0. The highest BCUT2D eigenvalue weighted by Crippen LogP contribution is 2.20. The van der Waals surface area contributed by atoms with Crippen LogP contribution in [-0.2, 0) is 11.1 Å². The van der Waals surface area contributed by atoms with Crippen LogP contribution in [0.5, 0.6) is 0 Å². The van der Waals surface area contributed by atoms with Crippen molar-refractivity contribution in [1.29, 1.82) is 0 Å². The molecule has 1 unspecified atom stereocenters. The highest BCUT2D eigenvalue weighted by atomic mass is 32.3. The zero-order chi connectivity index (χ0) is 6.08. The third-order valence-corrected chi connectivity index (χ3v) is 1.93. The lowest BCUT2D eigenvalue weighted by Crippen LogP contribution is -2.13. The van der Waals surface area contributed by atoms with Gasteiger partial charge in [-0.2, -0.15) is 0 Å². The van der Waals surface area contributed by atoms with E-state index in [2.05, 4.69) is 25.3 Å². The summed E-state index contributed by atoms with van der Waals surface area (Å²) >= 11 is 5.37. The van der Waals surface area contributed by atoms with Crippen LogP contribution in [0.1, 0.15) is 6.92 Å². The summed E-state index contributed by atoms with van der Waals surface area (Å²) in [6, 6.07) is 0. The average Bonchev–Trinajstić information content (AvgIpc) is 1.31. The smallest absolute Gasteiger partial charge is 0.179 e. The summed E-state index contributed by atoms with van der Waals surface area (Å²) in [5.41, 5.74) is 0. The van der Waals surface area contributed by atoms with E-state index in [1.807, 2.05) is 0 Å². The summed E-state index contributed by atoms with van der Waals surface area (Å²) in [4.78, 5) is 0. The van der Waals surface area contributed by atoms with Crippen molar-refractivity contribution in [2.75, 3.05) is 0 Å². The van der Waals surface area contributed by atoms with Crippen molar-refractivity contribution in [2.45, 2.75) is 10.3 Å². The standard InChI is InChI=1S/C2H6O2S3/c1-2(5,6)7(3)4/h5-6H,1H3,(H,3,4). The molecule has 5 heteroatoms. The first-order chi connectivity index (χ1) is 2.94. The molecule has 0 saturated carbocycles. The lowest BCUT2D eigenvalue weighted by atomic mass is 10.9. The maximum atomic E-state index is 9.98. The van der Waals surface area contributed by atoms with E-state index in [4.69, 9.17) is 4.55 Å². The molecule has 0 radical (unpaired) electrons. The van der Waals surface area contributed by atoms with Gasteiger partial charge in [0, 0.05) is 0 Å². The SMILES string of the molecule is CC(S)(S)S(=O)O. The van der Waals surface area contributed by atoms with Crippen LogP contribution in [0.3, 0.4) is 0 Å². The first kappa shape index (κ1) is 7.81. The van der Waals surface area contributed by atoms with Crippen LogP contribution >= 0.6 is 25.3 Å². The summed E-state index contributed by atoms with van der Waals surface area (Å²) in [5, 5.41) is 0. The summed E-state index contributed by atoms with van der Waals surface area (Å²) in [6.45, 7) is 1.44. The second-order valence-electron chi connectivity index (χ2n) is 1.18. The van der Waals surface area contributed by atoms with Gasteiger partial charge in [-0.3, -0.25) is 0 Å². The van der Waals surface area contributed by atoms with Crippen LogP contribution in [0.2, 0.25) is 0 Å². The van der Waals surface area contributed by atoms with Gasteiger partial charge in [-0.1, -0.05) is 0 Å². The van der Waals surface area contributed by atoms with Crippen molar-refractivity contribution in [1.82, 2.24) is 0 Å². The highest BCUT2D eigenvalue weighted by molar-refractivity contribution is 8.16. The van der Waals surface area contributed by atoms with Crippen molar-refractivity contribution in [2.24, 2.45) is 0 Å². The number of thiol groups is 2. The molecule has 0 amide bonds. The van der Waals surface area contributed by atoms with E-state index in [9.17, 15) is 4.21 Å². The first-order valence-corrected chi connectivity index (χ1v) is 3.50. The number of hydrogen-bond acceptors (Lipinski definition) is 3. The molecular formula is C2H6O2S3. The minimum atomic E-state index is -1.95. The third kappa shape index (κ3) is 3.40. The van der Waals surface area contributed by atoms with Gasteiger partial charge in [0.25, 0.3) is 0 Å². The molecule has 0 aliphatic rings. The molecule has 44 valence electrons. The molecule has 0 aliphatic carbocycles. The van der Waals surface area contributed by atoms with E-state index in [0.717, 1.165) is 0 Å². The quantitative estimate of drug-likeness (QED) is 0.299. The molecule has 1 N–H and O–H groups in total. The van der Waals surface area contributed by atoms with Crippen LogP contribution in [0, 0.1) is 0 Å². The molecule has 0 saturated heterocycles. The fourth-order valence-corrected chi connectivity index (χ4v) is 0. The normalized spacial score (nSPS) is 16.6. The Labute approximate surface area is 55.8 Å². The van der Waals surface area contributed by atoms with Gasteiger partial charge in [0.15, 0.2) is 14.5 Å². The van der Waals surface area contributed by atoms with Crippen molar-refractivity contribution >= 4 is 36.3 Å². The van der Waals surface area contributed by atoms with Gasteiger partial charge in [-0.15, -0.1) is 25.3 Å².